The maximum atomic E-state index is 14.2. The molecule has 0 aromatic heterocycles. The normalized spacial score (nSPS) is 33.0. The minimum Gasteiger partial charge on any atom is -0.368 e. The van der Waals surface area contributed by atoms with E-state index in [0.29, 0.717) is 38.0 Å². The van der Waals surface area contributed by atoms with Crippen molar-refractivity contribution in [1.82, 2.24) is 5.32 Å². The van der Waals surface area contributed by atoms with Gasteiger partial charge in [0.25, 0.3) is 11.8 Å². The Morgan fingerprint density at radius 2 is 2.14 bits per heavy atom. The number of fused-ring (bicyclic) bond motifs is 2. The van der Waals surface area contributed by atoms with E-state index in [0.717, 1.165) is 5.69 Å². The molecule has 0 spiro atoms. The first kappa shape index (κ1) is 13.0. The number of hydrogen-bond donors (Lipinski definition) is 1. The Balaban J connectivity index is 1.67. The molecule has 21 heavy (non-hydrogen) atoms. The van der Waals surface area contributed by atoms with Gasteiger partial charge in [-0.1, -0.05) is 12.1 Å². The minimum atomic E-state index is -2.56. The first-order chi connectivity index (χ1) is 10.0. The Morgan fingerprint density at radius 1 is 1.33 bits per heavy atom. The van der Waals surface area contributed by atoms with E-state index in [1.165, 1.54) is 0 Å². The summed E-state index contributed by atoms with van der Waals surface area (Å²) in [6.07, 6.45) is 1.28. The maximum absolute atomic E-state index is 14.2. The standard InChI is InChI=1S/C16H18F2N2O/c17-16(18)6-5-11-9-15(11,16)10-20-8-7-19-14(21)12-3-1-2-4-13(12)20/h1-4,11H,5-10H2,(H,19,21). The third-order valence-corrected chi connectivity index (χ3v) is 5.40. The molecule has 1 aliphatic heterocycles. The second-order valence-corrected chi connectivity index (χ2v) is 6.49. The summed E-state index contributed by atoms with van der Waals surface area (Å²) < 4.78 is 28.5. The highest BCUT2D eigenvalue weighted by molar-refractivity contribution is 6.00. The molecule has 0 radical (unpaired) electrons. The largest absolute Gasteiger partial charge is 0.368 e. The van der Waals surface area contributed by atoms with Gasteiger partial charge < -0.3 is 10.2 Å². The van der Waals surface area contributed by atoms with Crippen LogP contribution in [-0.2, 0) is 0 Å². The van der Waals surface area contributed by atoms with E-state index in [2.05, 4.69) is 5.32 Å². The fraction of sp³-hybridized carbons (Fsp3) is 0.562. The zero-order valence-electron chi connectivity index (χ0n) is 11.7. The highest BCUT2D eigenvalue weighted by Gasteiger charge is 2.73. The lowest BCUT2D eigenvalue weighted by Crippen LogP contribution is -2.41. The van der Waals surface area contributed by atoms with Gasteiger partial charge in [-0.05, 0) is 30.9 Å². The topological polar surface area (TPSA) is 32.3 Å². The molecule has 112 valence electrons. The molecule has 2 unspecified atom stereocenters. The number of para-hydroxylation sites is 1. The Hall–Kier alpha value is -1.65. The number of carbonyl (C=O) groups excluding carboxylic acids is 1. The van der Waals surface area contributed by atoms with Crippen LogP contribution in [0.3, 0.4) is 0 Å². The highest BCUT2D eigenvalue weighted by atomic mass is 19.3. The highest BCUT2D eigenvalue weighted by Crippen LogP contribution is 2.70. The number of hydrogen-bond acceptors (Lipinski definition) is 2. The zero-order valence-corrected chi connectivity index (χ0v) is 11.7. The van der Waals surface area contributed by atoms with Gasteiger partial charge >= 0.3 is 0 Å². The molecule has 3 aliphatic rings. The Morgan fingerprint density at radius 3 is 2.86 bits per heavy atom. The number of benzene rings is 1. The van der Waals surface area contributed by atoms with E-state index in [1.54, 1.807) is 6.07 Å². The number of anilines is 1. The summed E-state index contributed by atoms with van der Waals surface area (Å²) in [7, 11) is 0. The van der Waals surface area contributed by atoms with Crippen molar-refractivity contribution in [1.29, 1.82) is 0 Å². The molecule has 0 saturated heterocycles. The van der Waals surface area contributed by atoms with Gasteiger partial charge in [0, 0.05) is 31.7 Å². The van der Waals surface area contributed by atoms with Crippen molar-refractivity contribution in [2.75, 3.05) is 24.5 Å². The molecule has 2 saturated carbocycles. The van der Waals surface area contributed by atoms with Crippen molar-refractivity contribution in [2.24, 2.45) is 11.3 Å². The third-order valence-electron chi connectivity index (χ3n) is 5.40. The molecule has 3 nitrogen and oxygen atoms in total. The van der Waals surface area contributed by atoms with Crippen molar-refractivity contribution >= 4 is 11.6 Å². The van der Waals surface area contributed by atoms with Crippen LogP contribution >= 0.6 is 0 Å². The summed E-state index contributed by atoms with van der Waals surface area (Å²) in [6, 6.07) is 7.29. The second kappa shape index (κ2) is 4.18. The van der Waals surface area contributed by atoms with Gasteiger partial charge in [0.05, 0.1) is 11.0 Å². The number of carbonyl (C=O) groups is 1. The zero-order chi connectivity index (χ0) is 14.7. The van der Waals surface area contributed by atoms with Crippen molar-refractivity contribution < 1.29 is 13.6 Å². The van der Waals surface area contributed by atoms with E-state index in [4.69, 9.17) is 0 Å². The van der Waals surface area contributed by atoms with Gasteiger partial charge in [0.15, 0.2) is 0 Å². The van der Waals surface area contributed by atoms with E-state index in [-0.39, 0.29) is 18.2 Å². The Labute approximate surface area is 122 Å². The van der Waals surface area contributed by atoms with Crippen LogP contribution in [0.25, 0.3) is 0 Å². The average Bonchev–Trinajstić information content (AvgIpc) is 3.15. The number of nitrogens with one attached hydrogen (secondary N) is 1. The van der Waals surface area contributed by atoms with Crippen molar-refractivity contribution in [3.63, 3.8) is 0 Å². The van der Waals surface area contributed by atoms with Gasteiger partial charge in [0.2, 0.25) is 0 Å². The van der Waals surface area contributed by atoms with Crippen LogP contribution in [0.15, 0.2) is 24.3 Å². The van der Waals surface area contributed by atoms with Crippen LogP contribution in [0.2, 0.25) is 0 Å². The fourth-order valence-electron chi connectivity index (χ4n) is 4.09. The summed E-state index contributed by atoms with van der Waals surface area (Å²) in [4.78, 5) is 14.0. The summed E-state index contributed by atoms with van der Waals surface area (Å²) in [5, 5.41) is 2.83. The quantitative estimate of drug-likeness (QED) is 0.909. The number of amides is 1. The minimum absolute atomic E-state index is 0.0182. The molecule has 1 heterocycles. The molecule has 2 aliphatic carbocycles. The predicted octanol–water partition coefficient (Wildman–Crippen LogP) is 2.67. The molecule has 1 N–H and O–H groups in total. The summed E-state index contributed by atoms with van der Waals surface area (Å²) >= 11 is 0. The van der Waals surface area contributed by atoms with E-state index < -0.39 is 11.3 Å². The van der Waals surface area contributed by atoms with E-state index in [1.807, 2.05) is 23.1 Å². The lowest BCUT2D eigenvalue weighted by Gasteiger charge is -2.32. The van der Waals surface area contributed by atoms with Crippen molar-refractivity contribution in [3.8, 4) is 0 Å². The number of halogens is 2. The van der Waals surface area contributed by atoms with Gasteiger partial charge in [-0.3, -0.25) is 4.79 Å². The smallest absolute Gasteiger partial charge is 0.255 e. The molecular formula is C16H18F2N2O. The van der Waals surface area contributed by atoms with Crippen LogP contribution in [0.1, 0.15) is 29.6 Å². The second-order valence-electron chi connectivity index (χ2n) is 6.49. The van der Waals surface area contributed by atoms with Crippen LogP contribution in [0.4, 0.5) is 14.5 Å². The van der Waals surface area contributed by atoms with Crippen LogP contribution in [0.5, 0.6) is 0 Å². The molecule has 4 rings (SSSR count). The van der Waals surface area contributed by atoms with Gasteiger partial charge in [-0.25, -0.2) is 8.78 Å². The van der Waals surface area contributed by atoms with Gasteiger partial charge in [-0.2, -0.15) is 0 Å². The lowest BCUT2D eigenvalue weighted by molar-refractivity contribution is -0.0589. The van der Waals surface area contributed by atoms with Crippen molar-refractivity contribution in [3.05, 3.63) is 29.8 Å². The monoisotopic (exact) mass is 292 g/mol. The third kappa shape index (κ3) is 1.79. The van der Waals surface area contributed by atoms with E-state index >= 15 is 0 Å². The molecular weight excluding hydrogens is 274 g/mol. The number of nitrogens with zero attached hydrogens (tertiary/aromatic N) is 1. The average molecular weight is 292 g/mol. The summed E-state index contributed by atoms with van der Waals surface area (Å²) in [6.45, 7) is 1.45. The van der Waals surface area contributed by atoms with E-state index in [9.17, 15) is 13.6 Å². The molecule has 2 atom stereocenters. The lowest BCUT2D eigenvalue weighted by atomic mass is 9.98. The first-order valence-corrected chi connectivity index (χ1v) is 7.53. The first-order valence-electron chi connectivity index (χ1n) is 7.53. The number of rotatable bonds is 2. The number of alkyl halides is 2. The predicted molar refractivity (Wildman–Crippen MR) is 75.7 cm³/mol. The molecule has 5 heteroatoms. The molecule has 1 amide bonds. The molecule has 2 fully saturated rings. The Bertz CT molecular complexity index is 604. The van der Waals surface area contributed by atoms with Gasteiger partial charge in [-0.15, -0.1) is 0 Å². The van der Waals surface area contributed by atoms with Crippen molar-refractivity contribution in [2.45, 2.75) is 25.2 Å². The van der Waals surface area contributed by atoms with Crippen LogP contribution < -0.4 is 10.2 Å². The summed E-state index contributed by atoms with van der Waals surface area (Å²) in [5.74, 6) is -2.52. The fourth-order valence-corrected chi connectivity index (χ4v) is 4.09. The summed E-state index contributed by atoms with van der Waals surface area (Å²) in [5.41, 5.74) is 0.521. The molecule has 1 aromatic carbocycles. The Kier molecular flexibility index (Phi) is 2.60. The van der Waals surface area contributed by atoms with Gasteiger partial charge in [0.1, 0.15) is 0 Å². The van der Waals surface area contributed by atoms with Crippen LogP contribution in [0, 0.1) is 11.3 Å². The maximum Gasteiger partial charge on any atom is 0.255 e. The molecule has 1 aromatic rings. The molecule has 0 bridgehead atoms. The SMILES string of the molecule is O=C1NCCN(CC23CC2CCC3(F)F)c2ccccc21. The van der Waals surface area contributed by atoms with Crippen LogP contribution in [-0.4, -0.2) is 31.5 Å².